The molecular formula is C12H11ClN4O2. The van der Waals surface area contributed by atoms with Crippen LogP contribution < -0.4 is 16.8 Å². The lowest BCUT2D eigenvalue weighted by molar-refractivity contribution is 0.100. The number of H-pyrrole nitrogens is 1. The molecule has 0 spiro atoms. The topological polar surface area (TPSA) is 114 Å². The molecule has 0 saturated heterocycles. The third-order valence-electron chi connectivity index (χ3n) is 2.50. The van der Waals surface area contributed by atoms with Gasteiger partial charge in [-0.2, -0.15) is 0 Å². The molecule has 0 aliphatic carbocycles. The molecule has 0 saturated carbocycles. The van der Waals surface area contributed by atoms with Gasteiger partial charge in [0.25, 0.3) is 5.91 Å². The summed E-state index contributed by atoms with van der Waals surface area (Å²) < 4.78 is 0. The summed E-state index contributed by atoms with van der Waals surface area (Å²) in [6, 6.07) is 7.78. The number of nitrogens with two attached hydrogens (primary N) is 2. The molecule has 1 heterocycles. The number of urea groups is 1. The molecule has 98 valence electrons. The normalized spacial score (nSPS) is 10.2. The second-order valence-corrected chi connectivity index (χ2v) is 4.21. The molecule has 1 aromatic carbocycles. The van der Waals surface area contributed by atoms with Gasteiger partial charge in [-0.25, -0.2) is 4.79 Å². The first kappa shape index (κ1) is 13.0. The van der Waals surface area contributed by atoms with E-state index < -0.39 is 11.9 Å². The number of hydrogen-bond acceptors (Lipinski definition) is 2. The van der Waals surface area contributed by atoms with Crippen LogP contribution >= 0.6 is 11.6 Å². The monoisotopic (exact) mass is 278 g/mol. The number of nitrogens with one attached hydrogen (secondary N) is 2. The Balaban J connectivity index is 2.52. The molecule has 19 heavy (non-hydrogen) atoms. The lowest BCUT2D eigenvalue weighted by Gasteiger charge is -2.01. The largest absolute Gasteiger partial charge is 0.365 e. The molecule has 2 aromatic rings. The fourth-order valence-corrected chi connectivity index (χ4v) is 1.93. The van der Waals surface area contributed by atoms with E-state index in [1.54, 1.807) is 24.3 Å². The molecule has 1 aromatic heterocycles. The maximum Gasteiger partial charge on any atom is 0.317 e. The lowest BCUT2D eigenvalue weighted by atomic mass is 10.1. The molecule has 0 bridgehead atoms. The Morgan fingerprint density at radius 1 is 1.21 bits per heavy atom. The third kappa shape index (κ3) is 2.69. The zero-order valence-electron chi connectivity index (χ0n) is 9.74. The van der Waals surface area contributed by atoms with Crippen LogP contribution in [0.2, 0.25) is 5.02 Å². The number of anilines is 1. The van der Waals surface area contributed by atoms with Crippen LogP contribution in [0.1, 0.15) is 10.4 Å². The number of aromatic nitrogens is 1. The minimum atomic E-state index is -0.796. The van der Waals surface area contributed by atoms with Crippen molar-refractivity contribution in [3.63, 3.8) is 0 Å². The molecular weight excluding hydrogens is 268 g/mol. The molecule has 7 heteroatoms. The second kappa shape index (κ2) is 5.03. The van der Waals surface area contributed by atoms with E-state index in [1.807, 2.05) is 0 Å². The molecule has 3 amide bonds. The van der Waals surface area contributed by atoms with E-state index in [2.05, 4.69) is 10.3 Å². The van der Waals surface area contributed by atoms with Crippen LogP contribution in [0.25, 0.3) is 11.3 Å². The Morgan fingerprint density at radius 3 is 2.47 bits per heavy atom. The van der Waals surface area contributed by atoms with E-state index in [0.717, 1.165) is 0 Å². The van der Waals surface area contributed by atoms with E-state index in [-0.39, 0.29) is 11.4 Å². The number of amides is 3. The first-order valence-corrected chi connectivity index (χ1v) is 5.71. The Morgan fingerprint density at radius 2 is 1.89 bits per heavy atom. The summed E-state index contributed by atoms with van der Waals surface area (Å²) in [4.78, 5) is 25.0. The highest BCUT2D eigenvalue weighted by Gasteiger charge is 2.16. The SMILES string of the molecule is NC(=O)Nc1[nH]c(-c2ccccc2Cl)cc1C(N)=O. The van der Waals surface area contributed by atoms with Gasteiger partial charge >= 0.3 is 6.03 Å². The van der Waals surface area contributed by atoms with E-state index in [1.165, 1.54) is 6.07 Å². The summed E-state index contributed by atoms with van der Waals surface area (Å²) in [6.45, 7) is 0. The highest BCUT2D eigenvalue weighted by molar-refractivity contribution is 6.33. The number of halogens is 1. The number of aromatic amines is 1. The van der Waals surface area contributed by atoms with Crippen molar-refractivity contribution in [2.45, 2.75) is 0 Å². The van der Waals surface area contributed by atoms with Crippen LogP contribution in [0.15, 0.2) is 30.3 Å². The van der Waals surface area contributed by atoms with Crippen LogP contribution in [-0.4, -0.2) is 16.9 Å². The summed E-state index contributed by atoms with van der Waals surface area (Å²) in [5, 5.41) is 2.81. The Labute approximate surface area is 113 Å². The van der Waals surface area contributed by atoms with Crippen LogP contribution in [0.4, 0.5) is 10.6 Å². The van der Waals surface area contributed by atoms with E-state index >= 15 is 0 Å². The van der Waals surface area contributed by atoms with Gasteiger partial charge in [0.15, 0.2) is 0 Å². The number of benzene rings is 1. The van der Waals surface area contributed by atoms with Gasteiger partial charge in [0.2, 0.25) is 0 Å². The van der Waals surface area contributed by atoms with Crippen molar-refractivity contribution in [3.8, 4) is 11.3 Å². The highest BCUT2D eigenvalue weighted by atomic mass is 35.5. The van der Waals surface area contributed by atoms with Gasteiger partial charge in [0, 0.05) is 16.3 Å². The minimum Gasteiger partial charge on any atom is -0.365 e. The highest BCUT2D eigenvalue weighted by Crippen LogP contribution is 2.30. The zero-order valence-corrected chi connectivity index (χ0v) is 10.5. The van der Waals surface area contributed by atoms with Crippen LogP contribution in [-0.2, 0) is 0 Å². The Hall–Kier alpha value is -2.47. The van der Waals surface area contributed by atoms with Gasteiger partial charge in [0.05, 0.1) is 5.56 Å². The summed E-state index contributed by atoms with van der Waals surface area (Å²) in [5.74, 6) is -0.534. The predicted molar refractivity (Wildman–Crippen MR) is 73.0 cm³/mol. The molecule has 0 aliphatic rings. The van der Waals surface area contributed by atoms with Crippen LogP contribution in [0.3, 0.4) is 0 Å². The predicted octanol–water partition coefficient (Wildman–Crippen LogP) is 1.92. The van der Waals surface area contributed by atoms with Crippen molar-refractivity contribution >= 4 is 29.4 Å². The summed E-state index contributed by atoms with van der Waals surface area (Å²) >= 11 is 6.06. The van der Waals surface area contributed by atoms with E-state index in [9.17, 15) is 9.59 Å². The second-order valence-electron chi connectivity index (χ2n) is 3.81. The van der Waals surface area contributed by atoms with Crippen molar-refractivity contribution in [1.82, 2.24) is 4.98 Å². The maximum absolute atomic E-state index is 11.3. The van der Waals surface area contributed by atoms with E-state index in [4.69, 9.17) is 23.1 Å². The Kier molecular flexibility index (Phi) is 3.43. The number of hydrogen-bond donors (Lipinski definition) is 4. The summed E-state index contributed by atoms with van der Waals surface area (Å²) in [7, 11) is 0. The van der Waals surface area contributed by atoms with Gasteiger partial charge in [-0.05, 0) is 12.1 Å². The molecule has 0 fully saturated rings. The molecule has 6 nitrogen and oxygen atoms in total. The molecule has 6 N–H and O–H groups in total. The van der Waals surface area contributed by atoms with Gasteiger partial charge in [-0.1, -0.05) is 29.8 Å². The molecule has 0 unspecified atom stereocenters. The lowest BCUT2D eigenvalue weighted by Crippen LogP contribution is -2.22. The smallest absolute Gasteiger partial charge is 0.317 e. The number of rotatable bonds is 3. The van der Waals surface area contributed by atoms with Gasteiger partial charge in [-0.15, -0.1) is 0 Å². The Bertz CT molecular complexity index is 651. The van der Waals surface area contributed by atoms with Gasteiger partial charge < -0.3 is 16.5 Å². The van der Waals surface area contributed by atoms with Crippen molar-refractivity contribution in [3.05, 3.63) is 40.9 Å². The van der Waals surface area contributed by atoms with Crippen LogP contribution in [0.5, 0.6) is 0 Å². The van der Waals surface area contributed by atoms with E-state index in [0.29, 0.717) is 16.3 Å². The summed E-state index contributed by atoms with van der Waals surface area (Å²) in [6.07, 6.45) is 0. The van der Waals surface area contributed by atoms with Gasteiger partial charge in [0.1, 0.15) is 5.82 Å². The van der Waals surface area contributed by atoms with Crippen LogP contribution in [0, 0.1) is 0 Å². The number of carbonyl (C=O) groups excluding carboxylic acids is 2. The van der Waals surface area contributed by atoms with Gasteiger partial charge in [-0.3, -0.25) is 10.1 Å². The van der Waals surface area contributed by atoms with Crippen molar-refractivity contribution in [2.24, 2.45) is 11.5 Å². The average molecular weight is 279 g/mol. The van der Waals surface area contributed by atoms with Crippen molar-refractivity contribution in [1.29, 1.82) is 0 Å². The molecule has 0 radical (unpaired) electrons. The standard InChI is InChI=1S/C12H11ClN4O2/c13-8-4-2-1-3-6(8)9-5-7(10(14)18)11(16-9)17-12(15)19/h1-5,16H,(H2,14,18)(H3,15,17,19). The van der Waals surface area contributed by atoms with Crippen molar-refractivity contribution < 1.29 is 9.59 Å². The first-order valence-electron chi connectivity index (χ1n) is 5.33. The number of carbonyl (C=O) groups is 2. The number of primary amides is 2. The molecule has 0 atom stereocenters. The zero-order chi connectivity index (χ0) is 14.0. The van der Waals surface area contributed by atoms with Crippen molar-refractivity contribution in [2.75, 3.05) is 5.32 Å². The minimum absolute atomic E-state index is 0.133. The average Bonchev–Trinajstić information content (AvgIpc) is 2.72. The fraction of sp³-hybridized carbons (Fsp3) is 0. The fourth-order valence-electron chi connectivity index (χ4n) is 1.70. The molecule has 0 aliphatic heterocycles. The molecule has 2 rings (SSSR count). The summed E-state index contributed by atoms with van der Waals surface area (Å²) in [5.41, 5.74) is 11.6. The first-order chi connectivity index (χ1) is 8.99. The maximum atomic E-state index is 11.3. The quantitative estimate of drug-likeness (QED) is 0.687. The third-order valence-corrected chi connectivity index (χ3v) is 2.82.